The van der Waals surface area contributed by atoms with Crippen molar-refractivity contribution < 1.29 is 18.7 Å². The number of carbonyl (C=O) groups is 2. The van der Waals surface area contributed by atoms with E-state index in [1.54, 1.807) is 21.7 Å². The molecule has 1 aliphatic rings. The summed E-state index contributed by atoms with van der Waals surface area (Å²) < 4.78 is 22.4. The van der Waals surface area contributed by atoms with Crippen molar-refractivity contribution in [1.29, 1.82) is 0 Å². The van der Waals surface area contributed by atoms with Crippen LogP contribution in [0.4, 0.5) is 10.1 Å². The third-order valence-corrected chi connectivity index (χ3v) is 7.10. The van der Waals surface area contributed by atoms with Gasteiger partial charge in [0.1, 0.15) is 24.4 Å². The Balaban J connectivity index is 1.47. The minimum atomic E-state index is -0.641. The second-order valence-electron chi connectivity index (χ2n) is 8.97. The second-order valence-corrected chi connectivity index (χ2v) is 9.89. The third kappa shape index (κ3) is 5.39. The lowest BCUT2D eigenvalue weighted by Crippen LogP contribution is -2.30. The zero-order chi connectivity index (χ0) is 26.6. The minimum absolute atomic E-state index is 0.0356. The van der Waals surface area contributed by atoms with Gasteiger partial charge in [0.2, 0.25) is 0 Å². The number of aromatic nitrogens is 2. The van der Waals surface area contributed by atoms with Gasteiger partial charge in [-0.2, -0.15) is 5.10 Å². The monoisotopic (exact) mass is 576 g/mol. The van der Waals surface area contributed by atoms with Gasteiger partial charge in [0.25, 0.3) is 5.91 Å². The molecule has 1 amide bonds. The van der Waals surface area contributed by atoms with Crippen molar-refractivity contribution in [3.63, 3.8) is 0 Å². The fourth-order valence-corrected chi connectivity index (χ4v) is 4.90. The number of aldehydes is 1. The maximum absolute atomic E-state index is 13.7. The van der Waals surface area contributed by atoms with Gasteiger partial charge in [0, 0.05) is 47.5 Å². The summed E-state index contributed by atoms with van der Waals surface area (Å²) in [5.74, 6) is -0.453. The molecule has 1 N–H and O–H groups in total. The largest absolute Gasteiger partial charge is 0.388 e. The Morgan fingerprint density at radius 1 is 1.13 bits per heavy atom. The highest BCUT2D eigenvalue weighted by Gasteiger charge is 2.36. The van der Waals surface area contributed by atoms with E-state index in [1.165, 1.54) is 12.1 Å². The van der Waals surface area contributed by atoms with Gasteiger partial charge in [-0.15, -0.1) is 0 Å². The van der Waals surface area contributed by atoms with Crippen LogP contribution in [0.1, 0.15) is 22.9 Å². The van der Waals surface area contributed by atoms with Crippen molar-refractivity contribution in [2.45, 2.75) is 19.1 Å². The van der Waals surface area contributed by atoms with Crippen molar-refractivity contribution in [1.82, 2.24) is 14.7 Å². The first-order valence-electron chi connectivity index (χ1n) is 12.2. The summed E-state index contributed by atoms with van der Waals surface area (Å²) >= 11 is 3.46. The van der Waals surface area contributed by atoms with Crippen LogP contribution < -0.4 is 5.32 Å². The van der Waals surface area contributed by atoms with Crippen LogP contribution in [0.2, 0.25) is 0 Å². The van der Waals surface area contributed by atoms with Crippen LogP contribution >= 0.6 is 15.9 Å². The van der Waals surface area contributed by atoms with Crippen molar-refractivity contribution in [3.8, 4) is 16.9 Å². The fourth-order valence-electron chi connectivity index (χ4n) is 4.63. The molecule has 194 valence electrons. The summed E-state index contributed by atoms with van der Waals surface area (Å²) in [5.41, 5.74) is 5.73. The predicted molar refractivity (Wildman–Crippen MR) is 147 cm³/mol. The zero-order valence-electron chi connectivity index (χ0n) is 20.7. The smallest absolute Gasteiger partial charge is 0.250 e. The van der Waals surface area contributed by atoms with E-state index in [-0.39, 0.29) is 18.3 Å². The zero-order valence-corrected chi connectivity index (χ0v) is 22.3. The number of halogens is 2. The topological polar surface area (TPSA) is 76.5 Å². The minimum Gasteiger partial charge on any atom is -0.388 e. The van der Waals surface area contributed by atoms with Crippen LogP contribution in [0.3, 0.4) is 0 Å². The molecule has 1 aromatic heterocycles. The fraction of sp³-hybridized carbons (Fsp3) is 0.207. The van der Waals surface area contributed by atoms with Gasteiger partial charge in [-0.25, -0.2) is 9.07 Å². The summed E-state index contributed by atoms with van der Waals surface area (Å²) in [7, 11) is 1.82. The highest BCUT2D eigenvalue weighted by Crippen LogP contribution is 2.35. The van der Waals surface area contributed by atoms with Crippen molar-refractivity contribution >= 4 is 33.8 Å². The molecule has 3 aromatic carbocycles. The molecule has 0 aliphatic carbocycles. The molecule has 4 aromatic rings. The number of amides is 1. The molecule has 2 heterocycles. The van der Waals surface area contributed by atoms with E-state index in [1.807, 2.05) is 55.7 Å². The highest BCUT2D eigenvalue weighted by molar-refractivity contribution is 9.10. The quantitative estimate of drug-likeness (QED) is 0.273. The molecular formula is C29H26BrFN4O3. The van der Waals surface area contributed by atoms with Crippen molar-refractivity contribution in [3.05, 3.63) is 99.9 Å². The summed E-state index contributed by atoms with van der Waals surface area (Å²) in [6.45, 7) is 0.390. The Morgan fingerprint density at radius 2 is 1.89 bits per heavy atom. The van der Waals surface area contributed by atoms with Crippen molar-refractivity contribution in [2.24, 2.45) is 0 Å². The van der Waals surface area contributed by atoms with Gasteiger partial charge in [-0.1, -0.05) is 28.1 Å². The van der Waals surface area contributed by atoms with E-state index in [0.717, 1.165) is 44.4 Å². The SMILES string of the molecule is CNc1ccc(CCN2C(=O)COC2c2cn(-c3ccc(Br)cc3)nc2-c2ccc(F)cc2)cc1CC=O. The normalized spacial score (nSPS) is 15.2. The predicted octanol–water partition coefficient (Wildman–Crippen LogP) is 5.32. The van der Waals surface area contributed by atoms with E-state index in [0.29, 0.717) is 25.1 Å². The van der Waals surface area contributed by atoms with Gasteiger partial charge in [0.15, 0.2) is 6.23 Å². The Morgan fingerprint density at radius 3 is 2.61 bits per heavy atom. The number of benzene rings is 3. The molecule has 1 aliphatic heterocycles. The van der Waals surface area contributed by atoms with Crippen LogP contribution in [0.15, 0.2) is 77.4 Å². The van der Waals surface area contributed by atoms with Gasteiger partial charge in [-0.05, 0) is 72.1 Å². The van der Waals surface area contributed by atoms with Crippen molar-refractivity contribution in [2.75, 3.05) is 25.5 Å². The van der Waals surface area contributed by atoms with Crippen LogP contribution in [0, 0.1) is 5.82 Å². The standard InChI is InChI=1S/C29H26BrFN4O3/c1-32-26-11-2-19(16-21(26)13-15-36)12-14-34-27(37)18-38-29(34)25-17-35(24-9-5-22(30)6-10-24)33-28(25)20-3-7-23(31)8-4-20/h2-11,15-17,29,32H,12-14,18H2,1H3. The summed E-state index contributed by atoms with van der Waals surface area (Å²) in [6.07, 6.45) is 3.01. The maximum atomic E-state index is 13.7. The highest BCUT2D eigenvalue weighted by atomic mass is 79.9. The number of ether oxygens (including phenoxy) is 1. The first kappa shape index (κ1) is 25.8. The molecule has 7 nitrogen and oxygen atoms in total. The van der Waals surface area contributed by atoms with Crippen LogP contribution in [0.5, 0.6) is 0 Å². The number of anilines is 1. The van der Waals surface area contributed by atoms with Gasteiger partial charge >= 0.3 is 0 Å². The first-order chi connectivity index (χ1) is 18.5. The van der Waals surface area contributed by atoms with Crippen LogP contribution in [0.25, 0.3) is 16.9 Å². The molecular weight excluding hydrogens is 551 g/mol. The average Bonchev–Trinajstić information content (AvgIpc) is 3.52. The molecule has 1 fully saturated rings. The van der Waals surface area contributed by atoms with E-state index in [4.69, 9.17) is 9.84 Å². The number of nitrogens with zero attached hydrogens (tertiary/aromatic N) is 3. The Bertz CT molecular complexity index is 1450. The van der Waals surface area contributed by atoms with Crippen LogP contribution in [-0.2, 0) is 27.2 Å². The third-order valence-electron chi connectivity index (χ3n) is 6.57. The Kier molecular flexibility index (Phi) is 7.67. The van der Waals surface area contributed by atoms with Gasteiger partial charge in [0.05, 0.1) is 5.69 Å². The lowest BCUT2D eigenvalue weighted by atomic mass is 10.0. The molecule has 1 saturated heterocycles. The van der Waals surface area contributed by atoms with E-state index >= 15 is 0 Å². The first-order valence-corrected chi connectivity index (χ1v) is 13.0. The Labute approximate surface area is 228 Å². The molecule has 0 bridgehead atoms. The molecule has 5 rings (SSSR count). The Hall–Kier alpha value is -3.82. The van der Waals surface area contributed by atoms with Gasteiger partial charge in [-0.3, -0.25) is 4.79 Å². The molecule has 1 atom stereocenters. The second kappa shape index (κ2) is 11.3. The molecule has 9 heteroatoms. The van der Waals surface area contributed by atoms with E-state index in [9.17, 15) is 14.0 Å². The number of carbonyl (C=O) groups excluding carboxylic acids is 2. The molecule has 0 spiro atoms. The molecule has 0 saturated carbocycles. The average molecular weight is 577 g/mol. The summed E-state index contributed by atoms with van der Waals surface area (Å²) in [4.78, 5) is 25.8. The van der Waals surface area contributed by atoms with E-state index in [2.05, 4.69) is 21.2 Å². The summed E-state index contributed by atoms with van der Waals surface area (Å²) in [5, 5.41) is 7.91. The number of rotatable bonds is 9. The number of hydrogen-bond donors (Lipinski definition) is 1. The number of nitrogens with one attached hydrogen (secondary N) is 1. The van der Waals surface area contributed by atoms with Gasteiger partial charge < -0.3 is 19.7 Å². The summed E-state index contributed by atoms with van der Waals surface area (Å²) in [6, 6.07) is 19.8. The van der Waals surface area contributed by atoms with Crippen LogP contribution in [-0.4, -0.2) is 47.1 Å². The maximum Gasteiger partial charge on any atom is 0.250 e. The molecule has 1 unspecified atom stereocenters. The molecule has 38 heavy (non-hydrogen) atoms. The lowest BCUT2D eigenvalue weighted by molar-refractivity contribution is -0.128. The molecule has 0 radical (unpaired) electrons. The number of hydrogen-bond acceptors (Lipinski definition) is 5. The lowest BCUT2D eigenvalue weighted by Gasteiger charge is -2.23. The van der Waals surface area contributed by atoms with E-state index < -0.39 is 6.23 Å².